The Morgan fingerprint density at radius 2 is 2.00 bits per heavy atom. The van der Waals surface area contributed by atoms with Crippen LogP contribution in [0.2, 0.25) is 0 Å². The molecule has 2 rings (SSSR count). The Hall–Kier alpha value is -1.07. The molecule has 1 aromatic rings. The molecule has 1 amide bonds. The van der Waals surface area contributed by atoms with Gasteiger partial charge in [-0.3, -0.25) is 9.69 Å². The average Bonchev–Trinajstić information content (AvgIpc) is 2.30. The predicted molar refractivity (Wildman–Crippen MR) is 76.7 cm³/mol. The lowest BCUT2D eigenvalue weighted by atomic mass is 10.1. The van der Waals surface area contributed by atoms with Crippen molar-refractivity contribution in [3.05, 3.63) is 28.2 Å². The molecule has 0 aromatic heterocycles. The Labute approximate surface area is 116 Å². The van der Waals surface area contributed by atoms with Crippen LogP contribution in [-0.2, 0) is 4.79 Å². The first-order chi connectivity index (χ1) is 8.56. The van der Waals surface area contributed by atoms with Crippen molar-refractivity contribution in [3.8, 4) is 0 Å². The predicted octanol–water partition coefficient (Wildman–Crippen LogP) is 1.36. The lowest BCUT2D eigenvalue weighted by Gasteiger charge is -2.36. The van der Waals surface area contributed by atoms with Crippen LogP contribution in [0.15, 0.2) is 22.7 Å². The van der Waals surface area contributed by atoms with Gasteiger partial charge in [-0.2, -0.15) is 0 Å². The van der Waals surface area contributed by atoms with Crippen LogP contribution in [0.25, 0.3) is 0 Å². The number of halogens is 1. The molecule has 0 aliphatic carbocycles. The fourth-order valence-corrected chi connectivity index (χ4v) is 2.82. The summed E-state index contributed by atoms with van der Waals surface area (Å²) in [6.45, 7) is 6.14. The number of benzene rings is 1. The van der Waals surface area contributed by atoms with E-state index in [0.717, 1.165) is 30.7 Å². The molecule has 1 saturated heterocycles. The molecule has 0 unspecified atom stereocenters. The minimum Gasteiger partial charge on any atom is -0.369 e. The highest BCUT2D eigenvalue weighted by Crippen LogP contribution is 2.24. The van der Waals surface area contributed by atoms with Gasteiger partial charge in [-0.15, -0.1) is 0 Å². The van der Waals surface area contributed by atoms with Gasteiger partial charge < -0.3 is 10.6 Å². The number of carbonyl (C=O) groups is 1. The van der Waals surface area contributed by atoms with Gasteiger partial charge >= 0.3 is 0 Å². The van der Waals surface area contributed by atoms with E-state index in [2.05, 4.69) is 50.9 Å². The van der Waals surface area contributed by atoms with Crippen LogP contribution >= 0.6 is 15.9 Å². The van der Waals surface area contributed by atoms with Crippen molar-refractivity contribution in [2.75, 3.05) is 37.6 Å². The van der Waals surface area contributed by atoms with Crippen molar-refractivity contribution in [1.82, 2.24) is 4.90 Å². The monoisotopic (exact) mass is 311 g/mol. The third kappa shape index (κ3) is 3.23. The van der Waals surface area contributed by atoms with Gasteiger partial charge in [-0.25, -0.2) is 0 Å². The van der Waals surface area contributed by atoms with Crippen molar-refractivity contribution in [2.24, 2.45) is 5.73 Å². The smallest absolute Gasteiger partial charge is 0.231 e. The summed E-state index contributed by atoms with van der Waals surface area (Å²) >= 11 is 3.48. The second-order valence-electron chi connectivity index (χ2n) is 4.66. The largest absolute Gasteiger partial charge is 0.369 e. The first-order valence-electron chi connectivity index (χ1n) is 6.08. The molecule has 0 spiro atoms. The second kappa shape index (κ2) is 5.71. The zero-order chi connectivity index (χ0) is 13.1. The Morgan fingerprint density at radius 1 is 1.33 bits per heavy atom. The molecule has 1 aromatic carbocycles. The number of aryl methyl sites for hydroxylation is 1. The maximum absolute atomic E-state index is 10.9. The molecule has 4 nitrogen and oxygen atoms in total. The molecule has 98 valence electrons. The van der Waals surface area contributed by atoms with Crippen LogP contribution in [-0.4, -0.2) is 43.5 Å². The fraction of sp³-hybridized carbons (Fsp3) is 0.462. The molecule has 1 heterocycles. The zero-order valence-electron chi connectivity index (χ0n) is 10.5. The van der Waals surface area contributed by atoms with Crippen molar-refractivity contribution in [3.63, 3.8) is 0 Å². The molecule has 2 N–H and O–H groups in total. The summed E-state index contributed by atoms with van der Waals surface area (Å²) in [6, 6.07) is 6.34. The van der Waals surface area contributed by atoms with Crippen LogP contribution in [0.3, 0.4) is 0 Å². The molecular formula is C13H18BrN3O. The lowest BCUT2D eigenvalue weighted by molar-refractivity contribution is -0.119. The van der Waals surface area contributed by atoms with Gasteiger partial charge in [0.25, 0.3) is 0 Å². The zero-order valence-corrected chi connectivity index (χ0v) is 12.1. The molecule has 0 saturated carbocycles. The van der Waals surface area contributed by atoms with Gasteiger partial charge in [0, 0.05) is 36.3 Å². The minimum absolute atomic E-state index is 0.247. The molecule has 0 atom stereocenters. The number of primary amides is 1. The van der Waals surface area contributed by atoms with Gasteiger partial charge in [0.2, 0.25) is 5.91 Å². The molecule has 0 bridgehead atoms. The lowest BCUT2D eigenvalue weighted by Crippen LogP contribution is -2.49. The third-order valence-corrected chi connectivity index (χ3v) is 3.74. The number of hydrogen-bond donors (Lipinski definition) is 1. The Morgan fingerprint density at radius 3 is 2.56 bits per heavy atom. The maximum Gasteiger partial charge on any atom is 0.231 e. The molecule has 5 heteroatoms. The first-order valence-corrected chi connectivity index (χ1v) is 6.87. The number of anilines is 1. The Kier molecular flexibility index (Phi) is 4.24. The van der Waals surface area contributed by atoms with E-state index in [4.69, 9.17) is 5.73 Å². The van der Waals surface area contributed by atoms with E-state index in [1.165, 1.54) is 11.3 Å². The topological polar surface area (TPSA) is 49.6 Å². The van der Waals surface area contributed by atoms with Gasteiger partial charge in [0.1, 0.15) is 0 Å². The molecule has 1 aliphatic heterocycles. The standard InChI is InChI=1S/C13H18BrN3O/c1-10-8-11(14)2-3-12(10)17-6-4-16(5-7-17)9-13(15)18/h2-3,8H,4-7,9H2,1H3,(H2,15,18). The highest BCUT2D eigenvalue weighted by Gasteiger charge is 2.19. The summed E-state index contributed by atoms with van der Waals surface area (Å²) in [5.74, 6) is -0.247. The highest BCUT2D eigenvalue weighted by atomic mass is 79.9. The van der Waals surface area contributed by atoms with Crippen LogP contribution in [0, 0.1) is 6.92 Å². The minimum atomic E-state index is -0.247. The van der Waals surface area contributed by atoms with Crippen molar-refractivity contribution in [2.45, 2.75) is 6.92 Å². The molecule has 1 fully saturated rings. The van der Waals surface area contributed by atoms with Gasteiger partial charge in [0.15, 0.2) is 0 Å². The number of rotatable bonds is 3. The number of nitrogens with two attached hydrogens (primary N) is 1. The van der Waals surface area contributed by atoms with Crippen LogP contribution < -0.4 is 10.6 Å². The number of hydrogen-bond acceptors (Lipinski definition) is 3. The maximum atomic E-state index is 10.9. The van der Waals surface area contributed by atoms with Gasteiger partial charge in [-0.05, 0) is 30.7 Å². The normalized spacial score (nSPS) is 16.9. The van der Waals surface area contributed by atoms with Gasteiger partial charge in [-0.1, -0.05) is 15.9 Å². The molecule has 1 aliphatic rings. The van der Waals surface area contributed by atoms with E-state index in [1.54, 1.807) is 0 Å². The Bertz CT molecular complexity index is 442. The van der Waals surface area contributed by atoms with E-state index in [0.29, 0.717) is 6.54 Å². The van der Waals surface area contributed by atoms with Gasteiger partial charge in [0.05, 0.1) is 6.54 Å². The summed E-state index contributed by atoms with van der Waals surface area (Å²) in [5.41, 5.74) is 7.76. The van der Waals surface area contributed by atoms with E-state index in [1.807, 2.05) is 0 Å². The highest BCUT2D eigenvalue weighted by molar-refractivity contribution is 9.10. The van der Waals surface area contributed by atoms with Crippen LogP contribution in [0.4, 0.5) is 5.69 Å². The van der Waals surface area contributed by atoms with E-state index >= 15 is 0 Å². The number of amides is 1. The Balaban J connectivity index is 1.99. The molecular weight excluding hydrogens is 294 g/mol. The van der Waals surface area contributed by atoms with Crippen molar-refractivity contribution >= 4 is 27.5 Å². The SMILES string of the molecule is Cc1cc(Br)ccc1N1CCN(CC(N)=O)CC1. The van der Waals surface area contributed by atoms with Crippen LogP contribution in [0.1, 0.15) is 5.56 Å². The quantitative estimate of drug-likeness (QED) is 0.917. The molecule has 18 heavy (non-hydrogen) atoms. The van der Waals surface area contributed by atoms with Crippen molar-refractivity contribution in [1.29, 1.82) is 0 Å². The van der Waals surface area contributed by atoms with Crippen LogP contribution in [0.5, 0.6) is 0 Å². The summed E-state index contributed by atoms with van der Waals surface area (Å²) in [7, 11) is 0. The summed E-state index contributed by atoms with van der Waals surface area (Å²) in [5, 5.41) is 0. The molecule has 0 radical (unpaired) electrons. The summed E-state index contributed by atoms with van der Waals surface area (Å²) in [6.07, 6.45) is 0. The second-order valence-corrected chi connectivity index (χ2v) is 5.58. The number of piperazine rings is 1. The summed E-state index contributed by atoms with van der Waals surface area (Å²) in [4.78, 5) is 15.3. The van der Waals surface area contributed by atoms with E-state index in [9.17, 15) is 4.79 Å². The van der Waals surface area contributed by atoms with Crippen molar-refractivity contribution < 1.29 is 4.79 Å². The van der Waals surface area contributed by atoms with E-state index in [-0.39, 0.29) is 5.91 Å². The number of nitrogens with zero attached hydrogens (tertiary/aromatic N) is 2. The average molecular weight is 312 g/mol. The first kappa shape index (κ1) is 13.4. The fourth-order valence-electron chi connectivity index (χ4n) is 2.34. The van der Waals surface area contributed by atoms with E-state index < -0.39 is 0 Å². The third-order valence-electron chi connectivity index (χ3n) is 3.25. The number of carbonyl (C=O) groups excluding carboxylic acids is 1. The summed E-state index contributed by atoms with van der Waals surface area (Å²) < 4.78 is 1.11.